The molecule has 138 valence electrons. The van der Waals surface area contributed by atoms with Gasteiger partial charge in [0.05, 0.1) is 6.54 Å². The van der Waals surface area contributed by atoms with Gasteiger partial charge in [-0.2, -0.15) is 0 Å². The van der Waals surface area contributed by atoms with Crippen molar-refractivity contribution in [3.63, 3.8) is 0 Å². The Morgan fingerprint density at radius 2 is 1.76 bits per heavy atom. The highest BCUT2D eigenvalue weighted by molar-refractivity contribution is 5.92. The van der Waals surface area contributed by atoms with Crippen molar-refractivity contribution in [1.29, 1.82) is 0 Å². The summed E-state index contributed by atoms with van der Waals surface area (Å²) in [5.41, 5.74) is 0.220. The molecule has 1 aromatic rings. The molecule has 1 fully saturated rings. The third-order valence-electron chi connectivity index (χ3n) is 4.56. The summed E-state index contributed by atoms with van der Waals surface area (Å²) in [6.07, 6.45) is 1.73. The van der Waals surface area contributed by atoms with Crippen LogP contribution in [0.4, 0.5) is 10.1 Å². The first kappa shape index (κ1) is 19.4. The molecule has 1 aliphatic heterocycles. The summed E-state index contributed by atoms with van der Waals surface area (Å²) in [7, 11) is 1.87. The number of carbonyl (C=O) groups excluding carboxylic acids is 2. The van der Waals surface area contributed by atoms with Crippen molar-refractivity contribution < 1.29 is 14.0 Å². The predicted octanol–water partition coefficient (Wildman–Crippen LogP) is 2.73. The van der Waals surface area contributed by atoms with E-state index in [9.17, 15) is 14.0 Å². The van der Waals surface area contributed by atoms with Crippen molar-refractivity contribution in [1.82, 2.24) is 9.80 Å². The van der Waals surface area contributed by atoms with Gasteiger partial charge in [0.25, 0.3) is 0 Å². The predicted molar refractivity (Wildman–Crippen MR) is 96.7 cm³/mol. The fourth-order valence-electron chi connectivity index (χ4n) is 3.10. The van der Waals surface area contributed by atoms with Crippen LogP contribution >= 0.6 is 0 Å². The largest absolute Gasteiger partial charge is 0.342 e. The van der Waals surface area contributed by atoms with E-state index in [0.717, 1.165) is 25.9 Å². The van der Waals surface area contributed by atoms with Gasteiger partial charge >= 0.3 is 0 Å². The Labute approximate surface area is 149 Å². The average molecular weight is 349 g/mol. The second-order valence-corrected chi connectivity index (χ2v) is 7.73. The van der Waals surface area contributed by atoms with Gasteiger partial charge in [-0.3, -0.25) is 14.5 Å². The van der Waals surface area contributed by atoms with Crippen LogP contribution in [0.2, 0.25) is 0 Å². The number of nitrogens with one attached hydrogen (secondary N) is 1. The van der Waals surface area contributed by atoms with Gasteiger partial charge in [0, 0.05) is 37.3 Å². The summed E-state index contributed by atoms with van der Waals surface area (Å²) in [6.45, 7) is 7.66. The number of halogens is 1. The smallest absolute Gasteiger partial charge is 0.238 e. The summed E-state index contributed by atoms with van der Waals surface area (Å²) in [6, 6.07) is 5.97. The molecule has 5 nitrogen and oxygen atoms in total. The van der Waals surface area contributed by atoms with Crippen molar-refractivity contribution in [3.8, 4) is 0 Å². The lowest BCUT2D eigenvalue weighted by Crippen LogP contribution is -2.49. The summed E-state index contributed by atoms with van der Waals surface area (Å²) in [4.78, 5) is 28.4. The fraction of sp³-hybridized carbons (Fsp3) is 0.579. The molecule has 0 spiro atoms. The lowest BCUT2D eigenvalue weighted by molar-refractivity contribution is -0.141. The van der Waals surface area contributed by atoms with E-state index in [1.807, 2.05) is 32.7 Å². The van der Waals surface area contributed by atoms with Crippen molar-refractivity contribution in [2.45, 2.75) is 39.7 Å². The molecule has 1 aromatic carbocycles. The van der Waals surface area contributed by atoms with E-state index in [2.05, 4.69) is 10.2 Å². The number of amides is 2. The van der Waals surface area contributed by atoms with Crippen LogP contribution in [-0.4, -0.2) is 54.3 Å². The minimum absolute atomic E-state index is 0.107. The Kier molecular flexibility index (Phi) is 6.16. The second-order valence-electron chi connectivity index (χ2n) is 7.73. The molecule has 0 atom stereocenters. The maximum atomic E-state index is 12.9. The Balaban J connectivity index is 1.79. The van der Waals surface area contributed by atoms with E-state index in [0.29, 0.717) is 12.2 Å². The number of piperidine rings is 1. The highest BCUT2D eigenvalue weighted by Crippen LogP contribution is 2.22. The molecule has 0 bridgehead atoms. The summed E-state index contributed by atoms with van der Waals surface area (Å²) in [5.74, 6) is -0.279. The number of likely N-dealkylation sites (tertiary alicyclic amines) is 1. The third kappa shape index (κ3) is 5.53. The molecule has 6 heteroatoms. The van der Waals surface area contributed by atoms with E-state index < -0.39 is 0 Å². The van der Waals surface area contributed by atoms with Crippen LogP contribution in [0.15, 0.2) is 24.3 Å². The molecular formula is C19H28FN3O2. The molecule has 0 radical (unpaired) electrons. The topological polar surface area (TPSA) is 52.7 Å². The maximum absolute atomic E-state index is 12.9. The molecule has 0 saturated carbocycles. The first-order valence-corrected chi connectivity index (χ1v) is 8.72. The van der Waals surface area contributed by atoms with Gasteiger partial charge in [-0.05, 0) is 37.1 Å². The monoisotopic (exact) mass is 349 g/mol. The number of rotatable bonds is 4. The molecule has 1 heterocycles. The van der Waals surface area contributed by atoms with Gasteiger partial charge in [-0.1, -0.05) is 20.8 Å². The number of benzene rings is 1. The molecule has 0 aliphatic carbocycles. The minimum atomic E-state index is -0.374. The van der Waals surface area contributed by atoms with E-state index in [1.165, 1.54) is 12.1 Å². The Morgan fingerprint density at radius 1 is 1.20 bits per heavy atom. The molecule has 1 saturated heterocycles. The lowest BCUT2D eigenvalue weighted by atomic mass is 9.92. The highest BCUT2D eigenvalue weighted by Gasteiger charge is 2.31. The minimum Gasteiger partial charge on any atom is -0.342 e. The van der Waals surface area contributed by atoms with Crippen molar-refractivity contribution >= 4 is 17.5 Å². The number of anilines is 1. The molecule has 2 amide bonds. The van der Waals surface area contributed by atoms with Gasteiger partial charge in [-0.15, -0.1) is 0 Å². The van der Waals surface area contributed by atoms with Gasteiger partial charge in [0.15, 0.2) is 0 Å². The zero-order valence-electron chi connectivity index (χ0n) is 15.5. The highest BCUT2D eigenvalue weighted by atomic mass is 19.1. The summed E-state index contributed by atoms with van der Waals surface area (Å²) >= 11 is 0. The average Bonchev–Trinajstić information content (AvgIpc) is 2.55. The van der Waals surface area contributed by atoms with E-state index in [-0.39, 0.29) is 29.1 Å². The van der Waals surface area contributed by atoms with Gasteiger partial charge in [-0.25, -0.2) is 4.39 Å². The van der Waals surface area contributed by atoms with Gasteiger partial charge in [0.1, 0.15) is 5.82 Å². The number of nitrogens with zero attached hydrogens (tertiary/aromatic N) is 2. The normalized spacial score (nSPS) is 16.5. The Bertz CT molecular complexity index is 602. The molecular weight excluding hydrogens is 321 g/mol. The standard InChI is InChI=1S/C19H28FN3O2/c1-19(2,3)18(25)22(4)16-9-11-23(12-10-16)13-17(24)21-15-7-5-14(20)6-8-15/h5-8,16H,9-13H2,1-4H3,(H,21,24). The zero-order chi connectivity index (χ0) is 18.6. The lowest BCUT2D eigenvalue weighted by Gasteiger charge is -2.38. The molecule has 2 rings (SSSR count). The quantitative estimate of drug-likeness (QED) is 0.909. The maximum Gasteiger partial charge on any atom is 0.238 e. The first-order valence-electron chi connectivity index (χ1n) is 8.72. The van der Waals surface area contributed by atoms with E-state index >= 15 is 0 Å². The molecule has 1 N–H and O–H groups in total. The Morgan fingerprint density at radius 3 is 2.28 bits per heavy atom. The van der Waals surface area contributed by atoms with Gasteiger partial charge < -0.3 is 10.2 Å². The molecule has 25 heavy (non-hydrogen) atoms. The molecule has 0 unspecified atom stereocenters. The Hall–Kier alpha value is -1.95. The summed E-state index contributed by atoms with van der Waals surface area (Å²) < 4.78 is 12.9. The fourth-order valence-corrected chi connectivity index (χ4v) is 3.10. The van der Waals surface area contributed by atoms with Crippen molar-refractivity contribution in [3.05, 3.63) is 30.1 Å². The summed E-state index contributed by atoms with van der Waals surface area (Å²) in [5, 5.41) is 2.78. The zero-order valence-corrected chi connectivity index (χ0v) is 15.5. The molecule has 0 aromatic heterocycles. The number of hydrogen-bond acceptors (Lipinski definition) is 3. The SMILES string of the molecule is CN(C(=O)C(C)(C)C)C1CCN(CC(=O)Nc2ccc(F)cc2)CC1. The van der Waals surface area contributed by atoms with E-state index in [1.54, 1.807) is 12.1 Å². The van der Waals surface area contributed by atoms with Crippen LogP contribution in [0.25, 0.3) is 0 Å². The third-order valence-corrected chi connectivity index (χ3v) is 4.56. The number of hydrogen-bond donors (Lipinski definition) is 1. The van der Waals surface area contributed by atoms with Crippen LogP contribution in [0.1, 0.15) is 33.6 Å². The van der Waals surface area contributed by atoms with Crippen LogP contribution in [-0.2, 0) is 9.59 Å². The second kappa shape index (κ2) is 7.95. The molecule has 1 aliphatic rings. The van der Waals surface area contributed by atoms with Gasteiger partial charge in [0.2, 0.25) is 11.8 Å². The van der Waals surface area contributed by atoms with E-state index in [4.69, 9.17) is 0 Å². The van der Waals surface area contributed by atoms with Crippen LogP contribution in [0.3, 0.4) is 0 Å². The van der Waals surface area contributed by atoms with Crippen LogP contribution in [0, 0.1) is 11.2 Å². The van der Waals surface area contributed by atoms with Crippen molar-refractivity contribution in [2.75, 3.05) is 32.0 Å². The van der Waals surface area contributed by atoms with Crippen molar-refractivity contribution in [2.24, 2.45) is 5.41 Å². The first-order chi connectivity index (χ1) is 11.7. The number of carbonyl (C=O) groups is 2. The van der Waals surface area contributed by atoms with Crippen LogP contribution < -0.4 is 5.32 Å². The van der Waals surface area contributed by atoms with Crippen LogP contribution in [0.5, 0.6) is 0 Å².